The molecule has 8 nitrogen and oxygen atoms in total. The van der Waals surface area contributed by atoms with E-state index in [0.717, 1.165) is 5.69 Å². The fourth-order valence-corrected chi connectivity index (χ4v) is 2.64. The van der Waals surface area contributed by atoms with Gasteiger partial charge in [-0.15, -0.1) is 0 Å². The summed E-state index contributed by atoms with van der Waals surface area (Å²) >= 11 is 0. The van der Waals surface area contributed by atoms with Crippen molar-refractivity contribution in [3.05, 3.63) is 40.4 Å². The smallest absolute Gasteiger partial charge is 0.296 e. The van der Waals surface area contributed by atoms with Crippen molar-refractivity contribution in [1.82, 2.24) is 0 Å². The summed E-state index contributed by atoms with van der Waals surface area (Å²) in [6.07, 6.45) is 0. The SMILES string of the molecule is CCOc1cc(N(C)C)ccc1Nc1cc2c(cc1[N+](=O)[O-])OCCO2. The summed E-state index contributed by atoms with van der Waals surface area (Å²) in [5, 5.41) is 14.6. The van der Waals surface area contributed by atoms with Gasteiger partial charge in [0.05, 0.1) is 23.3 Å². The molecule has 1 aliphatic heterocycles. The van der Waals surface area contributed by atoms with E-state index in [1.165, 1.54) is 6.07 Å². The third kappa shape index (κ3) is 3.58. The maximum atomic E-state index is 11.5. The minimum Gasteiger partial charge on any atom is -0.492 e. The molecule has 0 amide bonds. The molecule has 0 bridgehead atoms. The molecule has 0 atom stereocenters. The van der Waals surface area contributed by atoms with Crippen molar-refractivity contribution >= 4 is 22.7 Å². The van der Waals surface area contributed by atoms with Gasteiger partial charge < -0.3 is 24.4 Å². The van der Waals surface area contributed by atoms with Gasteiger partial charge in [0, 0.05) is 31.9 Å². The first-order chi connectivity index (χ1) is 12.5. The highest BCUT2D eigenvalue weighted by Crippen LogP contribution is 2.42. The second kappa shape index (κ2) is 7.38. The Morgan fingerprint density at radius 3 is 2.46 bits per heavy atom. The fraction of sp³-hybridized carbons (Fsp3) is 0.333. The lowest BCUT2D eigenvalue weighted by atomic mass is 10.2. The molecule has 1 N–H and O–H groups in total. The van der Waals surface area contributed by atoms with Crippen molar-refractivity contribution in [2.24, 2.45) is 0 Å². The first-order valence-electron chi connectivity index (χ1n) is 8.29. The van der Waals surface area contributed by atoms with Crippen LogP contribution in [0, 0.1) is 10.1 Å². The molecule has 0 saturated carbocycles. The highest BCUT2D eigenvalue weighted by Gasteiger charge is 2.23. The zero-order valence-electron chi connectivity index (χ0n) is 14.9. The molecule has 0 unspecified atom stereocenters. The quantitative estimate of drug-likeness (QED) is 0.623. The van der Waals surface area contributed by atoms with Crippen LogP contribution >= 0.6 is 0 Å². The Bertz CT molecular complexity index is 823. The van der Waals surface area contributed by atoms with E-state index in [-0.39, 0.29) is 5.69 Å². The second-order valence-corrected chi connectivity index (χ2v) is 5.90. The van der Waals surface area contributed by atoms with Gasteiger partial charge in [-0.2, -0.15) is 0 Å². The van der Waals surface area contributed by atoms with E-state index in [1.54, 1.807) is 6.07 Å². The van der Waals surface area contributed by atoms with Gasteiger partial charge in [0.1, 0.15) is 24.7 Å². The fourth-order valence-electron chi connectivity index (χ4n) is 2.64. The number of nitrogens with zero attached hydrogens (tertiary/aromatic N) is 2. The Morgan fingerprint density at radius 2 is 1.85 bits per heavy atom. The number of rotatable bonds is 6. The van der Waals surface area contributed by atoms with E-state index < -0.39 is 4.92 Å². The summed E-state index contributed by atoms with van der Waals surface area (Å²) in [7, 11) is 3.87. The minimum absolute atomic E-state index is 0.0895. The average molecular weight is 359 g/mol. The van der Waals surface area contributed by atoms with Crippen LogP contribution in [-0.2, 0) is 0 Å². The maximum absolute atomic E-state index is 11.5. The largest absolute Gasteiger partial charge is 0.492 e. The number of hydrogen-bond acceptors (Lipinski definition) is 7. The summed E-state index contributed by atoms with van der Waals surface area (Å²) in [4.78, 5) is 13.0. The predicted octanol–water partition coefficient (Wildman–Crippen LogP) is 3.57. The Balaban J connectivity index is 2.01. The molecule has 26 heavy (non-hydrogen) atoms. The number of fused-ring (bicyclic) bond motifs is 1. The van der Waals surface area contributed by atoms with Crippen LogP contribution in [0.3, 0.4) is 0 Å². The third-order valence-electron chi connectivity index (χ3n) is 3.91. The van der Waals surface area contributed by atoms with Gasteiger partial charge >= 0.3 is 0 Å². The molecule has 0 spiro atoms. The lowest BCUT2D eigenvalue weighted by Crippen LogP contribution is -2.16. The molecule has 138 valence electrons. The molecular weight excluding hydrogens is 338 g/mol. The normalized spacial score (nSPS) is 12.4. The molecule has 8 heteroatoms. The second-order valence-electron chi connectivity index (χ2n) is 5.90. The van der Waals surface area contributed by atoms with Crippen LogP contribution in [0.2, 0.25) is 0 Å². The van der Waals surface area contributed by atoms with E-state index in [0.29, 0.717) is 48.4 Å². The summed E-state index contributed by atoms with van der Waals surface area (Å²) in [6, 6.07) is 8.60. The van der Waals surface area contributed by atoms with Crippen LogP contribution in [-0.4, -0.2) is 38.8 Å². The predicted molar refractivity (Wildman–Crippen MR) is 99.3 cm³/mol. The van der Waals surface area contributed by atoms with Crippen LogP contribution in [0.15, 0.2) is 30.3 Å². The molecule has 2 aromatic carbocycles. The Morgan fingerprint density at radius 1 is 1.15 bits per heavy atom. The Kier molecular flexibility index (Phi) is 5.01. The van der Waals surface area contributed by atoms with Crippen LogP contribution < -0.4 is 24.4 Å². The molecule has 1 aliphatic rings. The molecule has 1 heterocycles. The average Bonchev–Trinajstić information content (AvgIpc) is 2.62. The number of nitro benzene ring substituents is 1. The highest BCUT2D eigenvalue weighted by atomic mass is 16.6. The van der Waals surface area contributed by atoms with Crippen molar-refractivity contribution in [2.75, 3.05) is 44.1 Å². The molecule has 3 rings (SSSR count). The van der Waals surface area contributed by atoms with E-state index in [9.17, 15) is 10.1 Å². The van der Waals surface area contributed by atoms with Crippen LogP contribution in [0.25, 0.3) is 0 Å². The van der Waals surface area contributed by atoms with Crippen molar-refractivity contribution < 1.29 is 19.1 Å². The minimum atomic E-state index is -0.449. The Hall–Kier alpha value is -3.16. The van der Waals surface area contributed by atoms with Crippen LogP contribution in [0.1, 0.15) is 6.92 Å². The molecule has 2 aromatic rings. The zero-order chi connectivity index (χ0) is 18.7. The van der Waals surface area contributed by atoms with Gasteiger partial charge in [0.25, 0.3) is 5.69 Å². The first kappa shape index (κ1) is 17.7. The van der Waals surface area contributed by atoms with Gasteiger partial charge in [0.15, 0.2) is 11.5 Å². The highest BCUT2D eigenvalue weighted by molar-refractivity contribution is 5.77. The number of ether oxygens (including phenoxy) is 3. The number of benzene rings is 2. The van der Waals surface area contributed by atoms with Crippen molar-refractivity contribution in [2.45, 2.75) is 6.92 Å². The molecular formula is C18H21N3O5. The van der Waals surface area contributed by atoms with Crippen LogP contribution in [0.5, 0.6) is 17.2 Å². The van der Waals surface area contributed by atoms with E-state index in [1.807, 2.05) is 44.1 Å². The van der Waals surface area contributed by atoms with Gasteiger partial charge in [-0.05, 0) is 19.1 Å². The van der Waals surface area contributed by atoms with Gasteiger partial charge in [-0.25, -0.2) is 0 Å². The molecule has 0 aromatic heterocycles. The summed E-state index contributed by atoms with van der Waals surface area (Å²) < 4.78 is 16.7. The van der Waals surface area contributed by atoms with Gasteiger partial charge in [-0.3, -0.25) is 10.1 Å². The molecule has 0 saturated heterocycles. The monoisotopic (exact) mass is 359 g/mol. The number of anilines is 3. The van der Waals surface area contributed by atoms with E-state index in [2.05, 4.69) is 5.32 Å². The number of nitro groups is 1. The van der Waals surface area contributed by atoms with Gasteiger partial charge in [-0.1, -0.05) is 0 Å². The number of hydrogen-bond donors (Lipinski definition) is 1. The van der Waals surface area contributed by atoms with E-state index >= 15 is 0 Å². The van der Waals surface area contributed by atoms with Crippen molar-refractivity contribution in [3.8, 4) is 17.2 Å². The van der Waals surface area contributed by atoms with Crippen molar-refractivity contribution in [1.29, 1.82) is 0 Å². The molecule has 0 radical (unpaired) electrons. The van der Waals surface area contributed by atoms with E-state index in [4.69, 9.17) is 14.2 Å². The standard InChI is InChI=1S/C18H21N3O5/c1-4-24-16-9-12(20(2)3)5-6-13(16)19-14-10-17-18(26-8-7-25-17)11-15(14)21(22)23/h5-6,9-11,19H,4,7-8H2,1-3H3. The van der Waals surface area contributed by atoms with Gasteiger partial charge in [0.2, 0.25) is 0 Å². The zero-order valence-corrected chi connectivity index (χ0v) is 14.9. The summed E-state index contributed by atoms with van der Waals surface area (Å²) in [5.74, 6) is 1.47. The summed E-state index contributed by atoms with van der Waals surface area (Å²) in [6.45, 7) is 3.15. The Labute approximate surface area is 151 Å². The maximum Gasteiger partial charge on any atom is 0.296 e. The number of nitrogens with one attached hydrogen (secondary N) is 1. The topological polar surface area (TPSA) is 86.1 Å². The lowest BCUT2D eigenvalue weighted by Gasteiger charge is -2.20. The lowest BCUT2D eigenvalue weighted by molar-refractivity contribution is -0.384. The third-order valence-corrected chi connectivity index (χ3v) is 3.91. The first-order valence-corrected chi connectivity index (χ1v) is 8.29. The van der Waals surface area contributed by atoms with Crippen molar-refractivity contribution in [3.63, 3.8) is 0 Å². The molecule has 0 fully saturated rings. The van der Waals surface area contributed by atoms with Crippen LogP contribution in [0.4, 0.5) is 22.7 Å². The molecule has 0 aliphatic carbocycles. The summed E-state index contributed by atoms with van der Waals surface area (Å²) in [5.41, 5.74) is 1.83.